The van der Waals surface area contributed by atoms with Gasteiger partial charge in [-0.05, 0) is 49.2 Å². The third kappa shape index (κ3) is 4.57. The molecule has 8 heteroatoms. The van der Waals surface area contributed by atoms with Crippen LogP contribution in [-0.2, 0) is 5.75 Å². The number of pyridine rings is 1. The lowest BCUT2D eigenvalue weighted by molar-refractivity contribution is 0.102. The number of hydrogen-bond donors (Lipinski definition) is 3. The molecule has 0 aliphatic carbocycles. The summed E-state index contributed by atoms with van der Waals surface area (Å²) in [5.41, 5.74) is 9.00. The largest absolute Gasteiger partial charge is 0.368 e. The van der Waals surface area contributed by atoms with Crippen LogP contribution in [0.25, 0.3) is 0 Å². The predicted octanol–water partition coefficient (Wildman–Crippen LogP) is 2.94. The van der Waals surface area contributed by atoms with Crippen LogP contribution in [0.2, 0.25) is 0 Å². The van der Waals surface area contributed by atoms with Crippen LogP contribution in [0.3, 0.4) is 0 Å². The van der Waals surface area contributed by atoms with E-state index >= 15 is 0 Å². The molecule has 1 aromatic carbocycles. The van der Waals surface area contributed by atoms with Crippen molar-refractivity contribution in [1.82, 2.24) is 20.2 Å². The highest BCUT2D eigenvalue weighted by atomic mass is 32.2. The number of aromatic nitrogens is 4. The number of amides is 1. The Balaban J connectivity index is 1.68. The molecule has 0 radical (unpaired) electrons. The molecule has 0 unspecified atom stereocenters. The predicted molar refractivity (Wildman–Crippen MR) is 98.5 cm³/mol. The molecule has 0 fully saturated rings. The summed E-state index contributed by atoms with van der Waals surface area (Å²) in [4.78, 5) is 20.8. The van der Waals surface area contributed by atoms with E-state index in [1.807, 2.05) is 44.2 Å². The molecule has 1 amide bonds. The first-order chi connectivity index (χ1) is 12.0. The fourth-order valence-corrected chi connectivity index (χ4v) is 3.12. The van der Waals surface area contributed by atoms with Crippen molar-refractivity contribution >= 4 is 29.4 Å². The van der Waals surface area contributed by atoms with Gasteiger partial charge in [0.2, 0.25) is 11.1 Å². The first-order valence-electron chi connectivity index (χ1n) is 7.66. The van der Waals surface area contributed by atoms with Crippen molar-refractivity contribution in [3.05, 3.63) is 58.8 Å². The van der Waals surface area contributed by atoms with Gasteiger partial charge in [-0.25, -0.2) is 10.1 Å². The van der Waals surface area contributed by atoms with E-state index in [1.165, 1.54) is 11.8 Å². The molecule has 0 atom stereocenters. The Bertz CT molecular complexity index is 887. The van der Waals surface area contributed by atoms with Gasteiger partial charge in [-0.1, -0.05) is 23.9 Å². The number of thioether (sulfide) groups is 1. The maximum absolute atomic E-state index is 12.5. The van der Waals surface area contributed by atoms with E-state index in [2.05, 4.69) is 25.5 Å². The molecule has 25 heavy (non-hydrogen) atoms. The average molecular weight is 354 g/mol. The molecule has 0 bridgehead atoms. The molecule has 4 N–H and O–H groups in total. The summed E-state index contributed by atoms with van der Waals surface area (Å²) in [5.74, 6) is 1.29. The van der Waals surface area contributed by atoms with E-state index in [1.54, 1.807) is 6.07 Å². The lowest BCUT2D eigenvalue weighted by Crippen LogP contribution is -2.13. The smallest absolute Gasteiger partial charge is 0.256 e. The molecule has 0 saturated heterocycles. The summed E-state index contributed by atoms with van der Waals surface area (Å²) >= 11 is 1.45. The van der Waals surface area contributed by atoms with E-state index in [9.17, 15) is 4.79 Å². The molecular formula is C17H18N6OS. The van der Waals surface area contributed by atoms with Crippen LogP contribution in [0.15, 0.2) is 41.6 Å². The third-order valence-electron chi connectivity index (χ3n) is 3.38. The zero-order valence-corrected chi connectivity index (χ0v) is 14.7. The summed E-state index contributed by atoms with van der Waals surface area (Å²) in [6, 6.07) is 11.2. The van der Waals surface area contributed by atoms with Gasteiger partial charge in [0.25, 0.3) is 5.91 Å². The van der Waals surface area contributed by atoms with E-state index in [0.717, 1.165) is 16.8 Å². The Labute approximate surface area is 149 Å². The number of carbonyl (C=O) groups is 1. The fraction of sp³-hybridized carbons (Fsp3) is 0.176. The van der Waals surface area contributed by atoms with Crippen molar-refractivity contribution in [2.75, 3.05) is 11.1 Å². The zero-order valence-electron chi connectivity index (χ0n) is 13.9. The Morgan fingerprint density at radius 3 is 2.80 bits per heavy atom. The molecular weight excluding hydrogens is 336 g/mol. The summed E-state index contributed by atoms with van der Waals surface area (Å²) in [6.07, 6.45) is 0. The van der Waals surface area contributed by atoms with E-state index in [4.69, 9.17) is 5.73 Å². The molecule has 2 heterocycles. The Morgan fingerprint density at radius 1 is 1.24 bits per heavy atom. The number of anilines is 2. The van der Waals surface area contributed by atoms with Crippen LogP contribution in [0.5, 0.6) is 0 Å². The zero-order chi connectivity index (χ0) is 17.8. The summed E-state index contributed by atoms with van der Waals surface area (Å²) in [6.45, 7) is 3.87. The van der Waals surface area contributed by atoms with Crippen molar-refractivity contribution in [3.8, 4) is 0 Å². The molecule has 2 aromatic heterocycles. The number of hydrogen-bond acceptors (Lipinski definition) is 6. The number of H-pyrrole nitrogens is 1. The number of rotatable bonds is 5. The van der Waals surface area contributed by atoms with Crippen LogP contribution in [0.1, 0.15) is 27.2 Å². The van der Waals surface area contributed by atoms with Crippen molar-refractivity contribution in [3.63, 3.8) is 0 Å². The lowest BCUT2D eigenvalue weighted by Gasteiger charge is -2.08. The summed E-state index contributed by atoms with van der Waals surface area (Å²) in [7, 11) is 0. The van der Waals surface area contributed by atoms with Crippen molar-refractivity contribution in [2.24, 2.45) is 0 Å². The van der Waals surface area contributed by atoms with Crippen molar-refractivity contribution in [1.29, 1.82) is 0 Å². The van der Waals surface area contributed by atoms with Crippen LogP contribution in [-0.4, -0.2) is 26.1 Å². The summed E-state index contributed by atoms with van der Waals surface area (Å²) in [5, 5.41) is 9.99. The molecule has 0 aliphatic heterocycles. The van der Waals surface area contributed by atoms with Crippen LogP contribution < -0.4 is 11.1 Å². The standard InChI is InChI=1S/C17H18N6OS/c1-10-6-11(2)19-14(7-10)20-15(24)13-5-3-4-12(8-13)9-25-17-21-16(18)22-23-17/h3-8H,9H2,1-2H3,(H,19,20,24)(H3,18,21,22,23). The second-order valence-corrected chi connectivity index (χ2v) is 6.56. The van der Waals surface area contributed by atoms with Crippen LogP contribution in [0.4, 0.5) is 11.8 Å². The fourth-order valence-electron chi connectivity index (χ4n) is 2.37. The molecule has 3 aromatic rings. The minimum Gasteiger partial charge on any atom is -0.368 e. The quantitative estimate of drug-likeness (QED) is 0.608. The minimum atomic E-state index is -0.188. The van der Waals surface area contributed by atoms with Gasteiger partial charge >= 0.3 is 0 Å². The Hall–Kier alpha value is -2.87. The van der Waals surface area contributed by atoms with Gasteiger partial charge in [0.15, 0.2) is 0 Å². The maximum atomic E-state index is 12.5. The highest BCUT2D eigenvalue weighted by Crippen LogP contribution is 2.20. The third-order valence-corrected chi connectivity index (χ3v) is 4.30. The highest BCUT2D eigenvalue weighted by Gasteiger charge is 2.09. The molecule has 0 saturated carbocycles. The lowest BCUT2D eigenvalue weighted by atomic mass is 10.1. The van der Waals surface area contributed by atoms with Crippen LogP contribution in [0, 0.1) is 13.8 Å². The molecule has 7 nitrogen and oxygen atoms in total. The minimum absolute atomic E-state index is 0.188. The van der Waals surface area contributed by atoms with E-state index in [-0.39, 0.29) is 11.9 Å². The number of aromatic amines is 1. The van der Waals surface area contributed by atoms with Gasteiger partial charge in [-0.15, -0.1) is 5.10 Å². The normalized spacial score (nSPS) is 10.6. The number of carbonyl (C=O) groups excluding carboxylic acids is 1. The monoisotopic (exact) mass is 354 g/mol. The second kappa shape index (κ2) is 7.35. The maximum Gasteiger partial charge on any atom is 0.256 e. The van der Waals surface area contributed by atoms with E-state index in [0.29, 0.717) is 22.3 Å². The first kappa shape index (κ1) is 17.0. The number of benzene rings is 1. The first-order valence-corrected chi connectivity index (χ1v) is 8.64. The Morgan fingerprint density at radius 2 is 2.08 bits per heavy atom. The van der Waals surface area contributed by atoms with Crippen LogP contribution >= 0.6 is 11.8 Å². The number of nitrogens with zero attached hydrogens (tertiary/aromatic N) is 3. The van der Waals surface area contributed by atoms with Crippen molar-refractivity contribution < 1.29 is 4.79 Å². The number of nitrogens with one attached hydrogen (secondary N) is 2. The average Bonchev–Trinajstić information content (AvgIpc) is 2.98. The van der Waals surface area contributed by atoms with Crippen molar-refractivity contribution in [2.45, 2.75) is 24.8 Å². The number of nitrogens with two attached hydrogens (primary N) is 1. The molecule has 3 rings (SSSR count). The summed E-state index contributed by atoms with van der Waals surface area (Å²) < 4.78 is 0. The van der Waals surface area contributed by atoms with E-state index < -0.39 is 0 Å². The molecule has 128 valence electrons. The van der Waals surface area contributed by atoms with Gasteiger partial charge in [0.1, 0.15) is 5.82 Å². The Kier molecular flexibility index (Phi) is 4.99. The molecule has 0 spiro atoms. The second-order valence-electron chi connectivity index (χ2n) is 5.62. The van der Waals surface area contributed by atoms with Gasteiger partial charge in [0, 0.05) is 17.0 Å². The molecule has 0 aliphatic rings. The van der Waals surface area contributed by atoms with Gasteiger partial charge in [0.05, 0.1) is 0 Å². The topological polar surface area (TPSA) is 110 Å². The van der Waals surface area contributed by atoms with Gasteiger partial charge in [-0.3, -0.25) is 4.79 Å². The van der Waals surface area contributed by atoms with Gasteiger partial charge < -0.3 is 11.1 Å². The SMILES string of the molecule is Cc1cc(C)nc(NC(=O)c2cccc(CSc3n[nH]c(N)n3)c2)c1. The highest BCUT2D eigenvalue weighted by molar-refractivity contribution is 7.98. The number of nitrogen functional groups attached to an aromatic ring is 1. The number of aryl methyl sites for hydroxylation is 2. The van der Waals surface area contributed by atoms with Gasteiger partial charge in [-0.2, -0.15) is 4.98 Å².